The molecule has 0 fully saturated rings. The molecule has 152 valence electrons. The number of ketones is 2. The van der Waals surface area contributed by atoms with Crippen LogP contribution in [0.3, 0.4) is 0 Å². The maximum Gasteiger partial charge on any atom is 0.214 e. The fraction of sp³-hybridized carbons (Fsp3) is 0.350. The van der Waals surface area contributed by atoms with Crippen LogP contribution < -0.4 is 4.74 Å². The Labute approximate surface area is 173 Å². The summed E-state index contributed by atoms with van der Waals surface area (Å²) in [7, 11) is 1.58. The monoisotopic (exact) mass is 413 g/mol. The Morgan fingerprint density at radius 1 is 1.24 bits per heavy atom. The Bertz CT molecular complexity index is 1090. The largest absolute Gasteiger partial charge is 0.494 e. The number of thioether (sulfide) groups is 1. The van der Waals surface area contributed by atoms with Gasteiger partial charge in [0.2, 0.25) is 5.16 Å². The van der Waals surface area contributed by atoms with Gasteiger partial charge in [-0.25, -0.2) is 0 Å². The van der Waals surface area contributed by atoms with E-state index in [1.165, 1.54) is 18.7 Å². The van der Waals surface area contributed by atoms with Crippen molar-refractivity contribution >= 4 is 23.3 Å². The molecule has 1 atom stereocenters. The van der Waals surface area contributed by atoms with Crippen molar-refractivity contribution in [3.63, 3.8) is 0 Å². The SMILES string of the molecule is COc1ccc(C)cc1-n1nnnc1S[C@@H](C)C(=O)c1[nH]c(C)c(C(C)=O)c1C. The van der Waals surface area contributed by atoms with Gasteiger partial charge in [0.15, 0.2) is 11.6 Å². The maximum atomic E-state index is 13.0. The molecule has 3 aromatic rings. The number of aryl methyl sites for hydroxylation is 2. The predicted octanol–water partition coefficient (Wildman–Crippen LogP) is 3.49. The van der Waals surface area contributed by atoms with Crippen molar-refractivity contribution < 1.29 is 14.3 Å². The van der Waals surface area contributed by atoms with Gasteiger partial charge in [0.05, 0.1) is 18.1 Å². The summed E-state index contributed by atoms with van der Waals surface area (Å²) >= 11 is 1.25. The molecule has 0 saturated heterocycles. The van der Waals surface area contributed by atoms with Gasteiger partial charge in [0.1, 0.15) is 11.4 Å². The fourth-order valence-corrected chi connectivity index (χ4v) is 4.17. The molecule has 9 heteroatoms. The molecule has 0 spiro atoms. The number of tetrazole rings is 1. The van der Waals surface area contributed by atoms with E-state index < -0.39 is 5.25 Å². The molecule has 29 heavy (non-hydrogen) atoms. The number of hydrogen-bond donors (Lipinski definition) is 1. The number of ether oxygens (including phenoxy) is 1. The van der Waals surface area contributed by atoms with Gasteiger partial charge < -0.3 is 9.72 Å². The van der Waals surface area contributed by atoms with Gasteiger partial charge in [-0.1, -0.05) is 17.8 Å². The Morgan fingerprint density at radius 3 is 2.59 bits per heavy atom. The van der Waals surface area contributed by atoms with Crippen molar-refractivity contribution in [1.82, 2.24) is 25.2 Å². The third kappa shape index (κ3) is 3.95. The Hall–Kier alpha value is -2.94. The van der Waals surface area contributed by atoms with Gasteiger partial charge in [-0.2, -0.15) is 4.68 Å². The van der Waals surface area contributed by atoms with E-state index in [9.17, 15) is 9.59 Å². The summed E-state index contributed by atoms with van der Waals surface area (Å²) in [6.07, 6.45) is 0. The minimum absolute atomic E-state index is 0.0638. The molecule has 0 aliphatic rings. The summed E-state index contributed by atoms with van der Waals surface area (Å²) in [6, 6.07) is 5.71. The zero-order valence-electron chi connectivity index (χ0n) is 17.2. The Morgan fingerprint density at radius 2 is 1.97 bits per heavy atom. The molecule has 3 rings (SSSR count). The number of aromatic amines is 1. The van der Waals surface area contributed by atoms with Crippen LogP contribution in [0.25, 0.3) is 5.69 Å². The molecule has 8 nitrogen and oxygen atoms in total. The molecular formula is C20H23N5O3S. The molecule has 0 amide bonds. The third-order valence-electron chi connectivity index (χ3n) is 4.69. The molecule has 0 bridgehead atoms. The highest BCUT2D eigenvalue weighted by Gasteiger charge is 2.26. The predicted molar refractivity (Wildman–Crippen MR) is 110 cm³/mol. The first-order chi connectivity index (χ1) is 13.7. The normalized spacial score (nSPS) is 12.1. The summed E-state index contributed by atoms with van der Waals surface area (Å²) in [5, 5.41) is 11.9. The van der Waals surface area contributed by atoms with Crippen molar-refractivity contribution in [3.05, 3.63) is 46.3 Å². The van der Waals surface area contributed by atoms with Crippen LogP contribution in [0, 0.1) is 20.8 Å². The highest BCUT2D eigenvalue weighted by Crippen LogP contribution is 2.30. The number of nitrogens with zero attached hydrogens (tertiary/aromatic N) is 4. The van der Waals surface area contributed by atoms with E-state index in [1.807, 2.05) is 25.1 Å². The third-order valence-corrected chi connectivity index (χ3v) is 5.72. The first-order valence-electron chi connectivity index (χ1n) is 9.09. The first kappa shape index (κ1) is 20.8. The number of Topliss-reactive ketones (excluding diaryl/α,β-unsaturated/α-hetero) is 2. The number of methoxy groups -OCH3 is 1. The van der Waals surface area contributed by atoms with Crippen LogP contribution >= 0.6 is 11.8 Å². The molecule has 0 radical (unpaired) electrons. The lowest BCUT2D eigenvalue weighted by Gasteiger charge is -2.12. The standard InChI is InChI=1S/C20H23N5O3S/c1-10-7-8-16(28-6)15(9-10)25-20(22-23-24-25)29-14(5)19(27)18-11(2)17(13(4)26)12(3)21-18/h7-9,14,21H,1-6H3/t14-/m0/s1. The van der Waals surface area contributed by atoms with E-state index in [2.05, 4.69) is 20.5 Å². The summed E-state index contributed by atoms with van der Waals surface area (Å²) < 4.78 is 6.99. The number of nitrogens with one attached hydrogen (secondary N) is 1. The average Bonchev–Trinajstić information content (AvgIpc) is 3.24. The van der Waals surface area contributed by atoms with Crippen LogP contribution in [0.1, 0.15) is 51.5 Å². The fourth-order valence-electron chi connectivity index (χ4n) is 3.31. The number of rotatable bonds is 7. The quantitative estimate of drug-likeness (QED) is 0.467. The highest BCUT2D eigenvalue weighted by atomic mass is 32.2. The van der Waals surface area contributed by atoms with E-state index >= 15 is 0 Å². The van der Waals surface area contributed by atoms with Crippen LogP contribution in [0.15, 0.2) is 23.4 Å². The van der Waals surface area contributed by atoms with Crippen molar-refractivity contribution in [2.75, 3.05) is 7.11 Å². The Kier molecular flexibility index (Phi) is 5.88. The lowest BCUT2D eigenvalue weighted by molar-refractivity contribution is 0.0988. The van der Waals surface area contributed by atoms with Crippen LogP contribution in [0.4, 0.5) is 0 Å². The van der Waals surface area contributed by atoms with E-state index in [1.54, 1.807) is 32.6 Å². The van der Waals surface area contributed by atoms with Gasteiger partial charge in [0, 0.05) is 11.3 Å². The number of carbonyl (C=O) groups is 2. The van der Waals surface area contributed by atoms with Crippen LogP contribution in [-0.4, -0.2) is 49.1 Å². The van der Waals surface area contributed by atoms with E-state index in [-0.39, 0.29) is 11.6 Å². The number of carbonyl (C=O) groups excluding carboxylic acids is 2. The molecule has 0 aliphatic heterocycles. The van der Waals surface area contributed by atoms with Crippen molar-refractivity contribution in [3.8, 4) is 11.4 Å². The summed E-state index contributed by atoms with van der Waals surface area (Å²) in [4.78, 5) is 28.0. The second-order valence-corrected chi connectivity index (χ2v) is 8.16. The van der Waals surface area contributed by atoms with Gasteiger partial charge in [0.25, 0.3) is 0 Å². The molecule has 0 saturated carbocycles. The second-order valence-electron chi connectivity index (χ2n) is 6.85. The number of hydrogen-bond acceptors (Lipinski definition) is 7. The number of H-pyrrole nitrogens is 1. The topological polar surface area (TPSA) is 103 Å². The molecule has 2 aromatic heterocycles. The van der Waals surface area contributed by atoms with Crippen LogP contribution in [0.5, 0.6) is 5.75 Å². The highest BCUT2D eigenvalue weighted by molar-refractivity contribution is 8.00. The minimum Gasteiger partial charge on any atom is -0.494 e. The molecule has 0 aliphatic carbocycles. The summed E-state index contributed by atoms with van der Waals surface area (Å²) in [5.41, 5.74) is 4.12. The number of aromatic nitrogens is 5. The van der Waals surface area contributed by atoms with Crippen LogP contribution in [0.2, 0.25) is 0 Å². The second kappa shape index (κ2) is 8.20. The van der Waals surface area contributed by atoms with Crippen molar-refractivity contribution in [2.45, 2.75) is 45.0 Å². The average molecular weight is 414 g/mol. The van der Waals surface area contributed by atoms with Crippen LogP contribution in [-0.2, 0) is 0 Å². The van der Waals surface area contributed by atoms with Crippen molar-refractivity contribution in [2.24, 2.45) is 0 Å². The molecule has 1 aromatic carbocycles. The van der Waals surface area contributed by atoms with Gasteiger partial charge in [-0.15, -0.1) is 5.10 Å². The lowest BCUT2D eigenvalue weighted by Crippen LogP contribution is -2.16. The Balaban J connectivity index is 1.90. The summed E-state index contributed by atoms with van der Waals surface area (Å²) in [5.74, 6) is 0.450. The lowest BCUT2D eigenvalue weighted by atomic mass is 10.0. The van der Waals surface area contributed by atoms with Gasteiger partial charge >= 0.3 is 0 Å². The zero-order chi connectivity index (χ0) is 21.3. The van der Waals surface area contributed by atoms with E-state index in [0.717, 1.165) is 5.56 Å². The van der Waals surface area contributed by atoms with E-state index in [0.29, 0.717) is 39.1 Å². The molecular weight excluding hydrogens is 390 g/mol. The maximum absolute atomic E-state index is 13.0. The molecule has 1 N–H and O–H groups in total. The minimum atomic E-state index is -0.466. The van der Waals surface area contributed by atoms with E-state index in [4.69, 9.17) is 4.74 Å². The van der Waals surface area contributed by atoms with Gasteiger partial charge in [-0.05, 0) is 68.3 Å². The molecule has 2 heterocycles. The number of benzene rings is 1. The molecule has 0 unspecified atom stereocenters. The zero-order valence-corrected chi connectivity index (χ0v) is 18.0. The van der Waals surface area contributed by atoms with Gasteiger partial charge in [-0.3, -0.25) is 9.59 Å². The smallest absolute Gasteiger partial charge is 0.214 e. The first-order valence-corrected chi connectivity index (χ1v) is 9.96. The summed E-state index contributed by atoms with van der Waals surface area (Å²) in [6.45, 7) is 8.84. The van der Waals surface area contributed by atoms with Crippen molar-refractivity contribution in [1.29, 1.82) is 0 Å².